The maximum absolute atomic E-state index is 12.8. The summed E-state index contributed by atoms with van der Waals surface area (Å²) in [6, 6.07) is 6.48. The van der Waals surface area contributed by atoms with E-state index in [0.717, 1.165) is 23.5 Å². The van der Waals surface area contributed by atoms with Crippen molar-refractivity contribution in [2.45, 2.75) is 6.18 Å². The van der Waals surface area contributed by atoms with Crippen LogP contribution in [0.1, 0.15) is 15.9 Å². The smallest absolute Gasteiger partial charge is 0.298 e. The molecule has 0 aliphatic rings. The van der Waals surface area contributed by atoms with E-state index in [4.69, 9.17) is 0 Å². The van der Waals surface area contributed by atoms with E-state index in [1.165, 1.54) is 18.3 Å². The minimum atomic E-state index is -4.42. The number of benzene rings is 1. The van der Waals surface area contributed by atoms with E-state index in [1.807, 2.05) is 0 Å². The quantitative estimate of drug-likeness (QED) is 0.621. The molecule has 0 fully saturated rings. The zero-order valence-electron chi connectivity index (χ0n) is 12.3. The molecule has 3 rings (SSSR count). The molecule has 9 heteroatoms. The van der Waals surface area contributed by atoms with Crippen molar-refractivity contribution in [2.24, 2.45) is 0 Å². The highest BCUT2D eigenvalue weighted by molar-refractivity contribution is 9.10. The maximum Gasteiger partial charge on any atom is 0.416 e. The lowest BCUT2D eigenvalue weighted by Crippen LogP contribution is -2.11. The molecule has 2 aromatic heterocycles. The molecule has 4 nitrogen and oxygen atoms in total. The van der Waals surface area contributed by atoms with Crippen LogP contribution < -0.4 is 5.32 Å². The van der Waals surface area contributed by atoms with Gasteiger partial charge in [-0.1, -0.05) is 12.1 Å². The van der Waals surface area contributed by atoms with Gasteiger partial charge in [-0.05, 0) is 34.1 Å². The Balaban J connectivity index is 1.80. The number of rotatable bonds is 3. The third kappa shape index (κ3) is 4.23. The Morgan fingerprint density at radius 2 is 2.00 bits per heavy atom. The fourth-order valence-electron chi connectivity index (χ4n) is 2.02. The van der Waals surface area contributed by atoms with Crippen LogP contribution in [0.15, 0.2) is 52.6 Å². The van der Waals surface area contributed by atoms with E-state index in [2.05, 4.69) is 31.2 Å². The van der Waals surface area contributed by atoms with E-state index < -0.39 is 17.6 Å². The van der Waals surface area contributed by atoms with Gasteiger partial charge in [0.25, 0.3) is 5.91 Å². The van der Waals surface area contributed by atoms with Gasteiger partial charge >= 0.3 is 6.18 Å². The molecule has 25 heavy (non-hydrogen) atoms. The number of halogens is 4. The summed E-state index contributed by atoms with van der Waals surface area (Å²) in [5, 5.41) is 4.48. The zero-order chi connectivity index (χ0) is 18.0. The number of nitrogens with zero attached hydrogens (tertiary/aromatic N) is 2. The normalized spacial score (nSPS) is 11.4. The van der Waals surface area contributed by atoms with Gasteiger partial charge in [-0.3, -0.25) is 15.1 Å². The fourth-order valence-corrected chi connectivity index (χ4v) is 3.10. The van der Waals surface area contributed by atoms with Gasteiger partial charge in [-0.2, -0.15) is 13.2 Å². The molecular weight excluding hydrogens is 419 g/mol. The van der Waals surface area contributed by atoms with Crippen LogP contribution in [-0.2, 0) is 6.18 Å². The Labute approximate surface area is 152 Å². The van der Waals surface area contributed by atoms with Crippen LogP contribution in [0.4, 0.5) is 18.3 Å². The van der Waals surface area contributed by atoms with E-state index >= 15 is 0 Å². The molecule has 128 valence electrons. The van der Waals surface area contributed by atoms with Crippen LogP contribution in [0, 0.1) is 0 Å². The van der Waals surface area contributed by atoms with Crippen molar-refractivity contribution < 1.29 is 18.0 Å². The number of aromatic nitrogens is 2. The molecule has 1 aromatic carbocycles. The number of amides is 1. The molecule has 1 N–H and O–H groups in total. The number of anilines is 1. The topological polar surface area (TPSA) is 54.9 Å². The molecule has 0 aliphatic carbocycles. The molecule has 0 radical (unpaired) electrons. The highest BCUT2D eigenvalue weighted by atomic mass is 79.9. The predicted molar refractivity (Wildman–Crippen MR) is 92.4 cm³/mol. The molecule has 0 aliphatic heterocycles. The Hall–Kier alpha value is -2.26. The summed E-state index contributed by atoms with van der Waals surface area (Å²) in [6.45, 7) is 0. The molecule has 0 bridgehead atoms. The van der Waals surface area contributed by atoms with Crippen LogP contribution >= 0.6 is 27.3 Å². The average Bonchev–Trinajstić information content (AvgIpc) is 3.03. The molecule has 0 spiro atoms. The van der Waals surface area contributed by atoms with Crippen LogP contribution in [0.2, 0.25) is 0 Å². The van der Waals surface area contributed by atoms with Crippen molar-refractivity contribution in [3.8, 4) is 11.3 Å². The number of hydrogen-bond donors (Lipinski definition) is 1. The van der Waals surface area contributed by atoms with Gasteiger partial charge in [0, 0.05) is 27.8 Å². The predicted octanol–water partition coefficient (Wildman–Crippen LogP) is 5.24. The van der Waals surface area contributed by atoms with Crippen molar-refractivity contribution in [3.05, 3.63) is 63.7 Å². The van der Waals surface area contributed by atoms with Gasteiger partial charge < -0.3 is 0 Å². The van der Waals surface area contributed by atoms with Crippen molar-refractivity contribution in [1.29, 1.82) is 0 Å². The van der Waals surface area contributed by atoms with Gasteiger partial charge in [0.2, 0.25) is 0 Å². The van der Waals surface area contributed by atoms with E-state index in [1.54, 1.807) is 17.6 Å². The highest BCUT2D eigenvalue weighted by Gasteiger charge is 2.30. The minimum Gasteiger partial charge on any atom is -0.298 e. The van der Waals surface area contributed by atoms with E-state index in [0.29, 0.717) is 21.3 Å². The molecule has 0 saturated carbocycles. The zero-order valence-corrected chi connectivity index (χ0v) is 14.7. The van der Waals surface area contributed by atoms with Gasteiger partial charge in [-0.15, -0.1) is 11.3 Å². The molecule has 0 atom stereocenters. The summed E-state index contributed by atoms with van der Waals surface area (Å²) in [4.78, 5) is 20.2. The Kier molecular flexibility index (Phi) is 4.87. The van der Waals surface area contributed by atoms with Gasteiger partial charge in [0.15, 0.2) is 5.13 Å². The Morgan fingerprint density at radius 3 is 2.72 bits per heavy atom. The number of pyridine rings is 1. The third-order valence-electron chi connectivity index (χ3n) is 3.18. The standard InChI is InChI=1S/C16H9BrF3N3OS/c17-12-5-10(6-21-7-12)14(24)23-15-22-13(8-25-15)9-2-1-3-11(4-9)16(18,19)20/h1-8H,(H,22,23,24). The van der Waals surface area contributed by atoms with E-state index in [-0.39, 0.29) is 5.13 Å². The van der Waals surface area contributed by atoms with Gasteiger partial charge in [0.05, 0.1) is 16.8 Å². The molecule has 3 aromatic rings. The Morgan fingerprint density at radius 1 is 1.20 bits per heavy atom. The summed E-state index contributed by atoms with van der Waals surface area (Å²) < 4.78 is 39.0. The fraction of sp³-hybridized carbons (Fsp3) is 0.0625. The molecule has 1 amide bonds. The monoisotopic (exact) mass is 427 g/mol. The van der Waals surface area contributed by atoms with E-state index in [9.17, 15) is 18.0 Å². The second-order valence-electron chi connectivity index (χ2n) is 4.96. The lowest BCUT2D eigenvalue weighted by Gasteiger charge is -2.07. The molecule has 0 saturated heterocycles. The number of thiazole rings is 1. The number of carbonyl (C=O) groups excluding carboxylic acids is 1. The molecule has 0 unspecified atom stereocenters. The van der Waals surface area contributed by atoms with Crippen LogP contribution in [-0.4, -0.2) is 15.9 Å². The number of nitrogens with one attached hydrogen (secondary N) is 1. The first-order valence-corrected chi connectivity index (χ1v) is 8.55. The first kappa shape index (κ1) is 17.6. The lowest BCUT2D eigenvalue weighted by molar-refractivity contribution is -0.137. The largest absolute Gasteiger partial charge is 0.416 e. The summed E-state index contributed by atoms with van der Waals surface area (Å²) in [7, 11) is 0. The lowest BCUT2D eigenvalue weighted by atomic mass is 10.1. The first-order valence-electron chi connectivity index (χ1n) is 6.88. The number of hydrogen-bond acceptors (Lipinski definition) is 4. The van der Waals surface area contributed by atoms with Crippen molar-refractivity contribution >= 4 is 38.3 Å². The molecule has 2 heterocycles. The average molecular weight is 428 g/mol. The molecular formula is C16H9BrF3N3OS. The first-order chi connectivity index (χ1) is 11.8. The summed E-state index contributed by atoms with van der Waals surface area (Å²) in [5.74, 6) is -0.404. The SMILES string of the molecule is O=C(Nc1nc(-c2cccc(C(F)(F)F)c2)cs1)c1cncc(Br)c1. The third-order valence-corrected chi connectivity index (χ3v) is 4.37. The maximum atomic E-state index is 12.8. The second kappa shape index (κ2) is 6.93. The van der Waals surface area contributed by atoms with Crippen LogP contribution in [0.25, 0.3) is 11.3 Å². The number of carbonyl (C=O) groups is 1. The van der Waals surface area contributed by atoms with Gasteiger partial charge in [0.1, 0.15) is 0 Å². The minimum absolute atomic E-state index is 0.289. The van der Waals surface area contributed by atoms with Crippen LogP contribution in [0.3, 0.4) is 0 Å². The summed E-state index contributed by atoms with van der Waals surface area (Å²) >= 11 is 4.35. The Bertz CT molecular complexity index is 927. The van der Waals surface area contributed by atoms with Gasteiger partial charge in [-0.25, -0.2) is 4.98 Å². The number of alkyl halides is 3. The second-order valence-corrected chi connectivity index (χ2v) is 6.74. The summed E-state index contributed by atoms with van der Waals surface area (Å²) in [6.07, 6.45) is -1.47. The highest BCUT2D eigenvalue weighted by Crippen LogP contribution is 2.33. The van der Waals surface area contributed by atoms with Crippen LogP contribution in [0.5, 0.6) is 0 Å². The summed E-state index contributed by atoms with van der Waals surface area (Å²) in [5.41, 5.74) is 0.281. The van der Waals surface area contributed by atoms with Crippen molar-refractivity contribution in [1.82, 2.24) is 9.97 Å². The van der Waals surface area contributed by atoms with Crippen molar-refractivity contribution in [2.75, 3.05) is 5.32 Å². The van der Waals surface area contributed by atoms with Crippen molar-refractivity contribution in [3.63, 3.8) is 0 Å².